The van der Waals surface area contributed by atoms with Crippen molar-refractivity contribution in [3.63, 3.8) is 0 Å². The van der Waals surface area contributed by atoms with E-state index >= 15 is 0 Å². The number of nitrogens with zero attached hydrogens (tertiary/aromatic N) is 2. The minimum Gasteiger partial charge on any atom is -0.490 e. The summed E-state index contributed by atoms with van der Waals surface area (Å²) in [6.07, 6.45) is -2.96. The van der Waals surface area contributed by atoms with Gasteiger partial charge in [-0.25, -0.2) is 0 Å². The Morgan fingerprint density at radius 3 is 2.59 bits per heavy atom. The van der Waals surface area contributed by atoms with Crippen LogP contribution in [-0.2, 0) is 33.6 Å². The zero-order chi connectivity index (χ0) is 26.7. The van der Waals surface area contributed by atoms with Crippen LogP contribution in [-0.4, -0.2) is 42.4 Å². The van der Waals surface area contributed by atoms with Crippen molar-refractivity contribution in [2.24, 2.45) is 11.1 Å². The number of likely N-dealkylation sites (tertiary alicyclic amines) is 1. The highest BCUT2D eigenvalue weighted by atomic mass is 19.4. The molecule has 0 amide bonds. The molecular formula is C28H33F3N2O4. The Labute approximate surface area is 215 Å². The van der Waals surface area contributed by atoms with Crippen molar-refractivity contribution in [1.82, 2.24) is 4.90 Å². The molecule has 1 aliphatic carbocycles. The van der Waals surface area contributed by atoms with E-state index in [-0.39, 0.29) is 30.3 Å². The van der Waals surface area contributed by atoms with Crippen molar-refractivity contribution in [3.8, 4) is 5.75 Å². The molecule has 9 heteroatoms. The molecule has 2 aromatic carbocycles. The highest BCUT2D eigenvalue weighted by molar-refractivity contribution is 5.98. The average molecular weight is 519 g/mol. The van der Waals surface area contributed by atoms with E-state index in [9.17, 15) is 18.0 Å². The lowest BCUT2D eigenvalue weighted by Gasteiger charge is -2.42. The molecule has 0 spiro atoms. The predicted molar refractivity (Wildman–Crippen MR) is 133 cm³/mol. The van der Waals surface area contributed by atoms with Gasteiger partial charge in [-0.15, -0.1) is 0 Å². The summed E-state index contributed by atoms with van der Waals surface area (Å²) >= 11 is 0. The second-order valence-electron chi connectivity index (χ2n) is 9.82. The van der Waals surface area contributed by atoms with E-state index in [0.717, 1.165) is 37.6 Å². The summed E-state index contributed by atoms with van der Waals surface area (Å²) in [5.41, 5.74) is 3.59. The number of halogens is 3. The standard InChI is InChI=1S/C28H33F3N2O4/c1-5-35-27(34)22-14-33(15-22)25-10-8-21-13-20(7-9-23(21)25)18(4)32-36-16-19-6-11-26(37-17(2)3)24(12-19)28(29,30)31/h6-7,9,11-13,17,22,25H,5,8,10,14-16H2,1-4H3/b32-18+. The summed E-state index contributed by atoms with van der Waals surface area (Å²) in [4.78, 5) is 19.6. The average Bonchev–Trinajstić information content (AvgIpc) is 3.21. The molecule has 0 saturated carbocycles. The van der Waals surface area contributed by atoms with Crippen molar-refractivity contribution in [3.05, 3.63) is 64.2 Å². The highest BCUT2D eigenvalue weighted by Crippen LogP contribution is 2.40. The Hall–Kier alpha value is -3.07. The summed E-state index contributed by atoms with van der Waals surface area (Å²) in [7, 11) is 0. The minimum absolute atomic E-state index is 0.0408. The number of hydrogen-bond donors (Lipinski definition) is 0. The summed E-state index contributed by atoms with van der Waals surface area (Å²) in [5, 5.41) is 4.15. The van der Waals surface area contributed by atoms with Crippen molar-refractivity contribution < 1.29 is 32.3 Å². The second kappa shape index (κ2) is 11.1. The molecule has 0 radical (unpaired) electrons. The Kier molecular flexibility index (Phi) is 8.11. The number of esters is 1. The molecule has 4 rings (SSSR count). The third-order valence-electron chi connectivity index (χ3n) is 6.72. The molecule has 1 atom stereocenters. The van der Waals surface area contributed by atoms with E-state index in [0.29, 0.717) is 23.9 Å². The number of hydrogen-bond acceptors (Lipinski definition) is 6. The van der Waals surface area contributed by atoms with Crippen molar-refractivity contribution in [2.75, 3.05) is 19.7 Å². The fourth-order valence-electron chi connectivity index (χ4n) is 4.88. The lowest BCUT2D eigenvalue weighted by Crippen LogP contribution is -2.51. The number of rotatable bonds is 9. The lowest BCUT2D eigenvalue weighted by molar-refractivity contribution is -0.155. The van der Waals surface area contributed by atoms with Crippen molar-refractivity contribution in [2.45, 2.75) is 65.5 Å². The van der Waals surface area contributed by atoms with Gasteiger partial charge in [-0.2, -0.15) is 13.2 Å². The quantitative estimate of drug-likeness (QED) is 0.235. The maximum Gasteiger partial charge on any atom is 0.419 e. The SMILES string of the molecule is CCOC(=O)C1CN(C2CCc3cc(/C(C)=N/OCc4ccc(OC(C)C)c(C(F)(F)F)c4)ccc32)C1. The van der Waals surface area contributed by atoms with Crippen LogP contribution in [0.15, 0.2) is 41.6 Å². The van der Waals surface area contributed by atoms with E-state index < -0.39 is 11.7 Å². The maximum atomic E-state index is 13.5. The first-order valence-corrected chi connectivity index (χ1v) is 12.6. The molecule has 2 aliphatic rings. The fourth-order valence-corrected chi connectivity index (χ4v) is 4.88. The van der Waals surface area contributed by atoms with Gasteiger partial charge in [0.15, 0.2) is 0 Å². The van der Waals surface area contributed by atoms with Crippen LogP contribution in [0.3, 0.4) is 0 Å². The molecule has 200 valence electrons. The summed E-state index contributed by atoms with van der Waals surface area (Å²) in [5.74, 6) is -0.355. The largest absolute Gasteiger partial charge is 0.490 e. The van der Waals surface area contributed by atoms with Crippen LogP contribution in [0.4, 0.5) is 13.2 Å². The van der Waals surface area contributed by atoms with E-state index in [1.807, 2.05) is 19.9 Å². The predicted octanol–water partition coefficient (Wildman–Crippen LogP) is 5.92. The Balaban J connectivity index is 1.37. The van der Waals surface area contributed by atoms with Crippen LogP contribution >= 0.6 is 0 Å². The summed E-state index contributed by atoms with van der Waals surface area (Å²) < 4.78 is 50.9. The van der Waals surface area contributed by atoms with Crippen LogP contribution in [0.1, 0.15) is 68.0 Å². The Bertz CT molecular complexity index is 1160. The molecule has 37 heavy (non-hydrogen) atoms. The number of ether oxygens (including phenoxy) is 2. The number of carbonyl (C=O) groups is 1. The van der Waals surface area contributed by atoms with Gasteiger partial charge in [0.05, 0.1) is 29.9 Å². The lowest BCUT2D eigenvalue weighted by atomic mass is 9.94. The molecule has 0 bridgehead atoms. The Morgan fingerprint density at radius 2 is 1.92 bits per heavy atom. The van der Waals surface area contributed by atoms with Gasteiger partial charge in [0.25, 0.3) is 0 Å². The van der Waals surface area contributed by atoms with Crippen LogP contribution in [0.2, 0.25) is 0 Å². The van der Waals surface area contributed by atoms with Gasteiger partial charge in [-0.05, 0) is 81.0 Å². The van der Waals surface area contributed by atoms with Crippen molar-refractivity contribution in [1.29, 1.82) is 0 Å². The molecule has 1 unspecified atom stereocenters. The topological polar surface area (TPSA) is 60.4 Å². The molecule has 0 aromatic heterocycles. The summed E-state index contributed by atoms with van der Waals surface area (Å²) in [6, 6.07) is 10.4. The van der Waals surface area contributed by atoms with Gasteiger partial charge >= 0.3 is 12.1 Å². The third kappa shape index (κ3) is 6.26. The molecular weight excluding hydrogens is 485 g/mol. The van der Waals surface area contributed by atoms with E-state index in [1.165, 1.54) is 17.2 Å². The molecule has 1 heterocycles. The van der Waals surface area contributed by atoms with E-state index in [4.69, 9.17) is 14.3 Å². The first-order chi connectivity index (χ1) is 17.6. The van der Waals surface area contributed by atoms with Gasteiger partial charge in [0, 0.05) is 19.1 Å². The molecule has 1 fully saturated rings. The van der Waals surface area contributed by atoms with E-state index in [2.05, 4.69) is 22.2 Å². The number of alkyl halides is 3. The number of oxime groups is 1. The molecule has 2 aromatic rings. The Morgan fingerprint density at radius 1 is 1.16 bits per heavy atom. The number of benzene rings is 2. The van der Waals surface area contributed by atoms with Crippen molar-refractivity contribution >= 4 is 11.7 Å². The first kappa shape index (κ1) is 27.0. The zero-order valence-electron chi connectivity index (χ0n) is 21.6. The normalized spacial score (nSPS) is 18.5. The van der Waals surface area contributed by atoms with E-state index in [1.54, 1.807) is 19.9 Å². The minimum atomic E-state index is -4.53. The molecule has 6 nitrogen and oxygen atoms in total. The number of carbonyl (C=O) groups excluding carboxylic acids is 1. The highest BCUT2D eigenvalue weighted by Gasteiger charge is 2.40. The monoisotopic (exact) mass is 518 g/mol. The van der Waals surface area contributed by atoms with Crippen LogP contribution in [0.25, 0.3) is 0 Å². The van der Waals surface area contributed by atoms with Gasteiger partial charge in [-0.1, -0.05) is 23.4 Å². The van der Waals surface area contributed by atoms with Gasteiger partial charge in [0.1, 0.15) is 12.4 Å². The maximum absolute atomic E-state index is 13.5. The molecule has 0 N–H and O–H groups in total. The van der Waals surface area contributed by atoms with Crippen LogP contribution in [0.5, 0.6) is 5.75 Å². The van der Waals surface area contributed by atoms with Gasteiger partial charge in [-0.3, -0.25) is 9.69 Å². The second-order valence-corrected chi connectivity index (χ2v) is 9.82. The fraction of sp³-hybridized carbons (Fsp3) is 0.500. The van der Waals surface area contributed by atoms with Gasteiger partial charge < -0.3 is 14.3 Å². The smallest absolute Gasteiger partial charge is 0.419 e. The summed E-state index contributed by atoms with van der Waals surface area (Å²) in [6.45, 7) is 8.75. The molecule has 1 aliphatic heterocycles. The number of fused-ring (bicyclic) bond motifs is 1. The van der Waals surface area contributed by atoms with Gasteiger partial charge in [0.2, 0.25) is 0 Å². The molecule has 1 saturated heterocycles. The third-order valence-corrected chi connectivity index (χ3v) is 6.72. The van der Waals surface area contributed by atoms with Crippen LogP contribution in [0, 0.1) is 5.92 Å². The number of aryl methyl sites for hydroxylation is 1. The van der Waals surface area contributed by atoms with Crippen LogP contribution < -0.4 is 4.74 Å². The zero-order valence-corrected chi connectivity index (χ0v) is 21.6. The first-order valence-electron chi connectivity index (χ1n) is 12.6.